The van der Waals surface area contributed by atoms with Crippen LogP contribution in [0, 0.1) is 138 Å². The molecular weight excluding hydrogens is 969 g/mol. The van der Waals surface area contributed by atoms with E-state index in [-0.39, 0.29) is 7.43 Å². The molecule has 78 heavy (non-hydrogen) atoms. The predicted octanol–water partition coefficient (Wildman–Crippen LogP) is 18.0. The van der Waals surface area contributed by atoms with Crippen LogP contribution in [-0.4, -0.2) is 56.9 Å². The number of benzene rings is 7. The van der Waals surface area contributed by atoms with E-state index < -0.39 is 0 Å². The largest absolute Gasteiger partial charge is 0.496 e. The molecule has 7 rings (SSSR count). The van der Waals surface area contributed by atoms with Gasteiger partial charge in [0.2, 0.25) is 0 Å². The zero-order chi connectivity index (χ0) is 58.2. The Kier molecular flexibility index (Phi) is 23.2. The first kappa shape index (κ1) is 65.5. The molecule has 0 fully saturated rings. The number of ether oxygens (including phenoxy) is 8. The topological polar surface area (TPSA) is 73.8 Å². The third-order valence-electron chi connectivity index (χ3n) is 17.1. The van der Waals surface area contributed by atoms with Gasteiger partial charge in [-0.25, -0.2) is 0 Å². The molecule has 0 spiro atoms. The van der Waals surface area contributed by atoms with Crippen molar-refractivity contribution >= 4 is 10.8 Å². The maximum absolute atomic E-state index is 5.65. The second-order valence-electron chi connectivity index (χ2n) is 20.6. The summed E-state index contributed by atoms with van der Waals surface area (Å²) < 4.78 is 43.9. The van der Waals surface area contributed by atoms with Gasteiger partial charge < -0.3 is 37.9 Å². The number of rotatable bonds is 11. The van der Waals surface area contributed by atoms with Gasteiger partial charge >= 0.3 is 0 Å². The van der Waals surface area contributed by atoms with Gasteiger partial charge in [0.25, 0.3) is 0 Å². The standard InChI is InChI=1S/C23H32O2.C22H30O2.C12H12O2.C12H18O2.CH4/c1-12-16(5)22(24-9)17(6)13(2)20(12)11-21-14(3)18(7)23(25-10)19(8)15(21)4;1-11-15(5)21(23-9)16(6)12(2)19(11)20-13(3)17(7)22(24-10)18(8)14(20)4;1-13-11-7-3-6-10-9(11)5-4-8-12(10)14-2;1-7-8(2)12(14-6)10(4)9(3)11(7)13-5;/h11H2,1-10H3;1-10H3;3-8H,1-2H3;1-6H3;1H4. The van der Waals surface area contributed by atoms with Crippen LogP contribution in [-0.2, 0) is 6.42 Å². The van der Waals surface area contributed by atoms with Crippen LogP contribution in [0.15, 0.2) is 36.4 Å². The number of methoxy groups -OCH3 is 8. The minimum Gasteiger partial charge on any atom is -0.496 e. The van der Waals surface area contributed by atoms with Crippen LogP contribution in [0.4, 0.5) is 0 Å². The van der Waals surface area contributed by atoms with Gasteiger partial charge in [0, 0.05) is 10.8 Å². The van der Waals surface area contributed by atoms with Gasteiger partial charge in [-0.1, -0.05) is 31.7 Å². The van der Waals surface area contributed by atoms with Crippen LogP contribution in [0.3, 0.4) is 0 Å². The molecule has 7 aromatic carbocycles. The summed E-state index contributed by atoms with van der Waals surface area (Å²) >= 11 is 0. The monoisotopic (exact) mass is 1060 g/mol. The van der Waals surface area contributed by atoms with Gasteiger partial charge in [-0.05, 0) is 291 Å². The molecule has 7 aromatic rings. The van der Waals surface area contributed by atoms with Crippen LogP contribution in [0.1, 0.15) is 130 Å². The Hall–Kier alpha value is -6.80. The number of hydrogen-bond donors (Lipinski definition) is 0. The van der Waals surface area contributed by atoms with E-state index in [1.165, 1.54) is 111 Å². The predicted molar refractivity (Wildman–Crippen MR) is 332 cm³/mol. The van der Waals surface area contributed by atoms with Crippen molar-refractivity contribution in [3.63, 3.8) is 0 Å². The average molecular weight is 1070 g/mol. The summed E-state index contributed by atoms with van der Waals surface area (Å²) in [5.74, 6) is 7.75. The third kappa shape index (κ3) is 12.4. The molecule has 0 aromatic heterocycles. The summed E-state index contributed by atoms with van der Waals surface area (Å²) in [6, 6.07) is 11.9. The van der Waals surface area contributed by atoms with Crippen molar-refractivity contribution < 1.29 is 37.9 Å². The zero-order valence-electron chi connectivity index (χ0n) is 52.4. The second kappa shape index (κ2) is 27.7. The smallest absolute Gasteiger partial charge is 0.126 e. The molecule has 0 aliphatic heterocycles. The van der Waals surface area contributed by atoms with Crippen LogP contribution >= 0.6 is 0 Å². The van der Waals surface area contributed by atoms with Crippen molar-refractivity contribution in [3.05, 3.63) is 159 Å². The fourth-order valence-corrected chi connectivity index (χ4v) is 11.4. The molecule has 0 bridgehead atoms. The first-order chi connectivity index (χ1) is 36.3. The highest BCUT2D eigenvalue weighted by Crippen LogP contribution is 2.45. The Balaban J connectivity index is 0.000000281. The average Bonchev–Trinajstić information content (AvgIpc) is 3.45. The molecule has 0 heterocycles. The molecule has 0 amide bonds. The quantitative estimate of drug-likeness (QED) is 0.127. The molecule has 0 radical (unpaired) electrons. The Morgan fingerprint density at radius 2 is 0.410 bits per heavy atom. The normalized spacial score (nSPS) is 10.5. The summed E-state index contributed by atoms with van der Waals surface area (Å²) in [6.45, 7) is 43.2. The van der Waals surface area contributed by atoms with E-state index in [0.717, 1.165) is 85.4 Å². The summed E-state index contributed by atoms with van der Waals surface area (Å²) in [5.41, 5.74) is 30.6. The van der Waals surface area contributed by atoms with E-state index in [2.05, 4.69) is 138 Å². The molecule has 0 unspecified atom stereocenters. The van der Waals surface area contributed by atoms with Crippen molar-refractivity contribution in [2.24, 2.45) is 0 Å². The number of hydrogen-bond acceptors (Lipinski definition) is 8. The summed E-state index contributed by atoms with van der Waals surface area (Å²) in [4.78, 5) is 0. The van der Waals surface area contributed by atoms with Crippen molar-refractivity contribution in [2.75, 3.05) is 56.9 Å². The molecule has 0 aliphatic rings. The van der Waals surface area contributed by atoms with E-state index in [4.69, 9.17) is 37.9 Å². The maximum Gasteiger partial charge on any atom is 0.126 e. The van der Waals surface area contributed by atoms with E-state index in [1.807, 2.05) is 36.4 Å². The van der Waals surface area contributed by atoms with Crippen molar-refractivity contribution in [3.8, 4) is 57.1 Å². The Bertz CT molecular complexity index is 2940. The van der Waals surface area contributed by atoms with E-state index >= 15 is 0 Å². The van der Waals surface area contributed by atoms with Gasteiger partial charge in [0.15, 0.2) is 0 Å². The lowest BCUT2D eigenvalue weighted by Gasteiger charge is -2.25. The Morgan fingerprint density at radius 1 is 0.231 bits per heavy atom. The van der Waals surface area contributed by atoms with Gasteiger partial charge in [0.1, 0.15) is 46.0 Å². The van der Waals surface area contributed by atoms with E-state index in [0.29, 0.717) is 0 Å². The lowest BCUT2D eigenvalue weighted by molar-refractivity contribution is 0.392. The molecule has 8 nitrogen and oxygen atoms in total. The molecule has 0 atom stereocenters. The highest BCUT2D eigenvalue weighted by molar-refractivity contribution is 5.93. The van der Waals surface area contributed by atoms with E-state index in [1.54, 1.807) is 56.9 Å². The van der Waals surface area contributed by atoms with Gasteiger partial charge in [-0.15, -0.1) is 0 Å². The summed E-state index contributed by atoms with van der Waals surface area (Å²) in [6.07, 6.45) is 0.951. The Morgan fingerprint density at radius 3 is 0.590 bits per heavy atom. The molecule has 424 valence electrons. The lowest BCUT2D eigenvalue weighted by Crippen LogP contribution is -2.08. The fourth-order valence-electron chi connectivity index (χ4n) is 11.4. The SMILES string of the molecule is C.COc1c(C)c(C)c(-c2c(C)c(C)c(OC)c(C)c2C)c(C)c1C.COc1c(C)c(C)c(Cc2c(C)c(C)c(OC)c(C)c2C)c(C)c1C.COc1c(C)c(C)c(OC)c(C)c1C.COc1cccc2c(OC)cccc12. The zero-order valence-corrected chi connectivity index (χ0v) is 52.4. The van der Waals surface area contributed by atoms with Crippen molar-refractivity contribution in [2.45, 2.75) is 152 Å². The highest BCUT2D eigenvalue weighted by atomic mass is 16.5. The molecular formula is C70H96O8. The fraction of sp³-hybridized carbons (Fsp3) is 0.429. The molecule has 8 heteroatoms. The van der Waals surface area contributed by atoms with Gasteiger partial charge in [0.05, 0.1) is 56.9 Å². The summed E-state index contributed by atoms with van der Waals surface area (Å²) in [7, 11) is 13.8. The minimum absolute atomic E-state index is 0. The molecule has 0 saturated carbocycles. The lowest BCUT2D eigenvalue weighted by atomic mass is 9.82. The second-order valence-corrected chi connectivity index (χ2v) is 20.6. The first-order valence-electron chi connectivity index (χ1n) is 26.6. The minimum atomic E-state index is 0. The first-order valence-corrected chi connectivity index (χ1v) is 26.6. The highest BCUT2D eigenvalue weighted by Gasteiger charge is 2.24. The maximum atomic E-state index is 5.65. The van der Waals surface area contributed by atoms with Crippen LogP contribution < -0.4 is 37.9 Å². The number of fused-ring (bicyclic) bond motifs is 1. The Labute approximate surface area is 471 Å². The van der Waals surface area contributed by atoms with Gasteiger partial charge in [-0.2, -0.15) is 0 Å². The van der Waals surface area contributed by atoms with Crippen molar-refractivity contribution in [1.29, 1.82) is 0 Å². The van der Waals surface area contributed by atoms with Crippen molar-refractivity contribution in [1.82, 2.24) is 0 Å². The molecule has 0 N–H and O–H groups in total. The van der Waals surface area contributed by atoms with Gasteiger partial charge in [-0.3, -0.25) is 0 Å². The van der Waals surface area contributed by atoms with Crippen LogP contribution in [0.2, 0.25) is 0 Å². The summed E-state index contributed by atoms with van der Waals surface area (Å²) in [5, 5.41) is 2.16. The van der Waals surface area contributed by atoms with Crippen LogP contribution in [0.25, 0.3) is 21.9 Å². The third-order valence-corrected chi connectivity index (χ3v) is 17.1. The van der Waals surface area contributed by atoms with Crippen LogP contribution in [0.5, 0.6) is 46.0 Å². The van der Waals surface area contributed by atoms with E-state index in [9.17, 15) is 0 Å². The molecule has 0 saturated heterocycles. The molecule has 0 aliphatic carbocycles.